The molecule has 1 N–H and O–H groups in total. The van der Waals surface area contributed by atoms with E-state index in [9.17, 15) is 9.59 Å². The van der Waals surface area contributed by atoms with Crippen molar-refractivity contribution in [2.75, 3.05) is 11.1 Å². The summed E-state index contributed by atoms with van der Waals surface area (Å²) in [6, 6.07) is 12.8. The third-order valence-corrected chi connectivity index (χ3v) is 7.00. The van der Waals surface area contributed by atoms with Crippen molar-refractivity contribution >= 4 is 46.0 Å². The normalized spacial score (nSPS) is 15.2. The molecule has 1 unspecified atom stereocenters. The van der Waals surface area contributed by atoms with Crippen molar-refractivity contribution in [1.82, 2.24) is 19.3 Å². The van der Waals surface area contributed by atoms with Gasteiger partial charge in [-0.2, -0.15) is 5.10 Å². The lowest BCUT2D eigenvalue weighted by atomic mass is 10.1. The SMILES string of the molecule is Cc1ccc(NC(=O)CC2CSc3nc4c(cnn4-c4ccc(Cl)cc4)c(=O)n32)cc1C. The fourth-order valence-corrected chi connectivity index (χ4v) is 5.05. The van der Waals surface area contributed by atoms with Gasteiger partial charge in [-0.15, -0.1) is 0 Å². The van der Waals surface area contributed by atoms with Gasteiger partial charge in [0.15, 0.2) is 10.8 Å². The molecule has 0 spiro atoms. The van der Waals surface area contributed by atoms with Crippen LogP contribution in [0.15, 0.2) is 58.6 Å². The molecule has 0 fully saturated rings. The van der Waals surface area contributed by atoms with Gasteiger partial charge in [0, 0.05) is 22.9 Å². The summed E-state index contributed by atoms with van der Waals surface area (Å²) in [6.45, 7) is 4.04. The lowest BCUT2D eigenvalue weighted by Gasteiger charge is -2.14. The molecule has 1 atom stereocenters. The minimum atomic E-state index is -0.259. The van der Waals surface area contributed by atoms with E-state index in [2.05, 4.69) is 10.4 Å². The summed E-state index contributed by atoms with van der Waals surface area (Å²) >= 11 is 7.46. The van der Waals surface area contributed by atoms with Crippen LogP contribution in [-0.2, 0) is 4.79 Å². The van der Waals surface area contributed by atoms with E-state index >= 15 is 0 Å². The van der Waals surface area contributed by atoms with Gasteiger partial charge in [0.05, 0.1) is 17.9 Å². The van der Waals surface area contributed by atoms with E-state index in [4.69, 9.17) is 16.6 Å². The summed E-state index contributed by atoms with van der Waals surface area (Å²) in [5.74, 6) is 0.486. The number of nitrogens with one attached hydrogen (secondary N) is 1. The van der Waals surface area contributed by atoms with Gasteiger partial charge in [0.1, 0.15) is 5.39 Å². The quantitative estimate of drug-likeness (QED) is 0.448. The zero-order valence-corrected chi connectivity index (χ0v) is 19.1. The lowest BCUT2D eigenvalue weighted by Crippen LogP contribution is -2.27. The van der Waals surface area contributed by atoms with Crippen LogP contribution in [0.25, 0.3) is 16.7 Å². The zero-order chi connectivity index (χ0) is 22.4. The number of aromatic nitrogens is 4. The molecule has 5 rings (SSSR count). The monoisotopic (exact) mass is 465 g/mol. The Balaban J connectivity index is 1.43. The number of fused-ring (bicyclic) bond motifs is 2. The standard InChI is InChI=1S/C23H20ClN5O2S/c1-13-3-6-16(9-14(13)2)26-20(30)10-18-12-32-23-27-21-19(22(31)28(18)23)11-25-29(21)17-7-4-15(24)5-8-17/h3-9,11,18H,10,12H2,1-2H3,(H,26,30). The molecule has 1 aliphatic heterocycles. The van der Waals surface area contributed by atoms with Crippen molar-refractivity contribution in [1.29, 1.82) is 0 Å². The highest BCUT2D eigenvalue weighted by molar-refractivity contribution is 7.99. The first-order valence-corrected chi connectivity index (χ1v) is 11.5. The number of carbonyl (C=O) groups excluding carboxylic acids is 1. The number of amides is 1. The first-order chi connectivity index (χ1) is 15.4. The number of rotatable bonds is 4. The average molecular weight is 466 g/mol. The molecule has 3 heterocycles. The van der Waals surface area contributed by atoms with Crippen molar-refractivity contribution in [3.63, 3.8) is 0 Å². The lowest BCUT2D eigenvalue weighted by molar-refractivity contribution is -0.116. The van der Waals surface area contributed by atoms with Crippen LogP contribution in [0.3, 0.4) is 0 Å². The van der Waals surface area contributed by atoms with Crippen LogP contribution in [0, 0.1) is 13.8 Å². The number of thioether (sulfide) groups is 1. The predicted molar refractivity (Wildman–Crippen MR) is 127 cm³/mol. The summed E-state index contributed by atoms with van der Waals surface area (Å²) in [5, 5.41) is 8.95. The summed E-state index contributed by atoms with van der Waals surface area (Å²) in [4.78, 5) is 30.6. The van der Waals surface area contributed by atoms with Gasteiger partial charge in [0.2, 0.25) is 5.91 Å². The molecule has 0 bridgehead atoms. The number of hydrogen-bond acceptors (Lipinski definition) is 5. The maximum atomic E-state index is 13.3. The third-order valence-electron chi connectivity index (χ3n) is 5.65. The van der Waals surface area contributed by atoms with Gasteiger partial charge in [-0.05, 0) is 61.4 Å². The number of carbonyl (C=O) groups is 1. The van der Waals surface area contributed by atoms with Gasteiger partial charge in [-0.25, -0.2) is 9.67 Å². The van der Waals surface area contributed by atoms with Crippen molar-refractivity contribution in [3.05, 3.63) is 75.2 Å². The van der Waals surface area contributed by atoms with Gasteiger partial charge in [-0.1, -0.05) is 29.4 Å². The average Bonchev–Trinajstić information content (AvgIpc) is 3.36. The molecule has 1 amide bonds. The minimum absolute atomic E-state index is 0.129. The van der Waals surface area contributed by atoms with Gasteiger partial charge in [-0.3, -0.25) is 14.2 Å². The molecular weight excluding hydrogens is 446 g/mol. The summed E-state index contributed by atoms with van der Waals surface area (Å²) in [7, 11) is 0. The van der Waals surface area contributed by atoms with Crippen LogP contribution in [0.4, 0.5) is 5.69 Å². The number of hydrogen-bond donors (Lipinski definition) is 1. The highest BCUT2D eigenvalue weighted by Crippen LogP contribution is 2.33. The van der Waals surface area contributed by atoms with E-state index in [-0.39, 0.29) is 23.9 Å². The van der Waals surface area contributed by atoms with Crippen LogP contribution in [0.5, 0.6) is 0 Å². The minimum Gasteiger partial charge on any atom is -0.326 e. The van der Waals surface area contributed by atoms with Crippen molar-refractivity contribution < 1.29 is 4.79 Å². The smallest absolute Gasteiger partial charge is 0.265 e. The largest absolute Gasteiger partial charge is 0.326 e. The molecule has 1 aliphatic rings. The molecule has 0 saturated carbocycles. The highest BCUT2D eigenvalue weighted by Gasteiger charge is 2.29. The summed E-state index contributed by atoms with van der Waals surface area (Å²) < 4.78 is 3.26. The van der Waals surface area contributed by atoms with Crippen LogP contribution >= 0.6 is 23.4 Å². The summed E-state index contributed by atoms with van der Waals surface area (Å²) in [6.07, 6.45) is 1.73. The van der Waals surface area contributed by atoms with Crippen LogP contribution in [-0.4, -0.2) is 31.0 Å². The Morgan fingerprint density at radius 3 is 2.72 bits per heavy atom. The topological polar surface area (TPSA) is 81.8 Å². The second kappa shape index (κ2) is 8.11. The third kappa shape index (κ3) is 3.69. The first kappa shape index (κ1) is 20.8. The Morgan fingerprint density at radius 2 is 1.97 bits per heavy atom. The highest BCUT2D eigenvalue weighted by atomic mass is 35.5. The predicted octanol–water partition coefficient (Wildman–Crippen LogP) is 4.53. The Hall–Kier alpha value is -3.10. The number of aryl methyl sites for hydroxylation is 2. The van der Waals surface area contributed by atoms with Gasteiger partial charge in [0.25, 0.3) is 5.56 Å². The molecule has 162 valence electrons. The Kier molecular flexibility index (Phi) is 5.27. The summed E-state index contributed by atoms with van der Waals surface area (Å²) in [5.41, 5.74) is 4.13. The molecule has 0 saturated heterocycles. The van der Waals surface area contributed by atoms with E-state index < -0.39 is 0 Å². The van der Waals surface area contributed by atoms with Crippen LogP contribution < -0.4 is 10.9 Å². The van der Waals surface area contributed by atoms with Crippen LogP contribution in [0.2, 0.25) is 5.02 Å². The molecule has 7 nitrogen and oxygen atoms in total. The van der Waals surface area contributed by atoms with E-state index in [1.54, 1.807) is 21.4 Å². The number of benzene rings is 2. The molecule has 9 heteroatoms. The van der Waals surface area contributed by atoms with Crippen LogP contribution in [0.1, 0.15) is 23.6 Å². The Bertz CT molecular complexity index is 1410. The zero-order valence-electron chi connectivity index (χ0n) is 17.5. The molecule has 0 aliphatic carbocycles. The van der Waals surface area contributed by atoms with E-state index in [0.29, 0.717) is 27.0 Å². The van der Waals surface area contributed by atoms with Gasteiger partial charge >= 0.3 is 0 Å². The Labute approximate surface area is 193 Å². The van der Waals surface area contributed by atoms with Gasteiger partial charge < -0.3 is 5.32 Å². The fourth-order valence-electron chi connectivity index (χ4n) is 3.80. The molecular formula is C23H20ClN5O2S. The maximum absolute atomic E-state index is 13.3. The van der Waals surface area contributed by atoms with E-state index in [1.807, 2.05) is 44.2 Å². The maximum Gasteiger partial charge on any atom is 0.265 e. The molecule has 4 aromatic rings. The van der Waals surface area contributed by atoms with E-state index in [0.717, 1.165) is 16.9 Å². The number of halogens is 1. The molecule has 0 radical (unpaired) electrons. The molecule has 32 heavy (non-hydrogen) atoms. The second-order valence-electron chi connectivity index (χ2n) is 7.86. The van der Waals surface area contributed by atoms with E-state index in [1.165, 1.54) is 23.5 Å². The van der Waals surface area contributed by atoms with Crippen molar-refractivity contribution in [3.8, 4) is 5.69 Å². The molecule has 2 aromatic carbocycles. The first-order valence-electron chi connectivity index (χ1n) is 10.2. The second-order valence-corrected chi connectivity index (χ2v) is 9.28. The Morgan fingerprint density at radius 1 is 1.19 bits per heavy atom. The van der Waals surface area contributed by atoms with Crippen molar-refractivity contribution in [2.45, 2.75) is 31.5 Å². The number of nitrogens with zero attached hydrogens (tertiary/aromatic N) is 4. The number of anilines is 1. The fraction of sp³-hybridized carbons (Fsp3) is 0.217. The molecule has 2 aromatic heterocycles. The van der Waals surface area contributed by atoms with Crippen molar-refractivity contribution in [2.24, 2.45) is 0 Å².